The van der Waals surface area contributed by atoms with Crippen LogP contribution < -0.4 is 5.32 Å². The number of rotatable bonds is 6. The Morgan fingerprint density at radius 2 is 2.05 bits per heavy atom. The van der Waals surface area contributed by atoms with Gasteiger partial charge in [0, 0.05) is 24.6 Å². The van der Waals surface area contributed by atoms with Crippen molar-refractivity contribution in [2.75, 3.05) is 6.61 Å². The predicted molar refractivity (Wildman–Crippen MR) is 80.2 cm³/mol. The van der Waals surface area contributed by atoms with Crippen LogP contribution in [0.1, 0.15) is 44.7 Å². The zero-order valence-electron chi connectivity index (χ0n) is 12.6. The maximum absolute atomic E-state index is 8.79. The average molecular weight is 272 g/mol. The van der Waals surface area contributed by atoms with Gasteiger partial charge in [-0.15, -0.1) is 0 Å². The molecule has 108 valence electrons. The van der Waals surface area contributed by atoms with E-state index in [0.29, 0.717) is 17.7 Å². The molecule has 0 aromatic heterocycles. The fourth-order valence-corrected chi connectivity index (χ4v) is 3.00. The summed E-state index contributed by atoms with van der Waals surface area (Å²) in [4.78, 5) is 0. The molecule has 1 fully saturated rings. The SMILES string of the molecule is CCOC1CC(NCc2ccc(C#N)cc2)C1(C)CC. The second-order valence-corrected chi connectivity index (χ2v) is 5.78. The molecular formula is C17H24N2O. The van der Waals surface area contributed by atoms with Gasteiger partial charge in [0.15, 0.2) is 0 Å². The normalized spacial score (nSPS) is 28.7. The molecule has 1 aliphatic rings. The van der Waals surface area contributed by atoms with Crippen LogP contribution in [0.3, 0.4) is 0 Å². The first-order valence-electron chi connectivity index (χ1n) is 7.48. The number of nitriles is 1. The van der Waals surface area contributed by atoms with Gasteiger partial charge in [-0.25, -0.2) is 0 Å². The van der Waals surface area contributed by atoms with E-state index in [1.807, 2.05) is 24.3 Å². The third-order valence-electron chi connectivity index (χ3n) is 4.75. The fraction of sp³-hybridized carbons (Fsp3) is 0.588. The Balaban J connectivity index is 1.89. The third-order valence-corrected chi connectivity index (χ3v) is 4.75. The molecule has 0 bridgehead atoms. The highest BCUT2D eigenvalue weighted by molar-refractivity contribution is 5.31. The van der Waals surface area contributed by atoms with Gasteiger partial charge in [0.25, 0.3) is 0 Å². The van der Waals surface area contributed by atoms with Gasteiger partial charge in [-0.05, 0) is 37.5 Å². The second kappa shape index (κ2) is 6.39. The minimum absolute atomic E-state index is 0.239. The molecule has 0 saturated heterocycles. The zero-order chi connectivity index (χ0) is 14.6. The Labute approximate surface area is 121 Å². The lowest BCUT2D eigenvalue weighted by atomic mass is 9.61. The van der Waals surface area contributed by atoms with Gasteiger partial charge < -0.3 is 10.1 Å². The van der Waals surface area contributed by atoms with Crippen LogP contribution in [-0.4, -0.2) is 18.8 Å². The number of hydrogen-bond donors (Lipinski definition) is 1. The lowest BCUT2D eigenvalue weighted by Crippen LogP contribution is -2.61. The van der Waals surface area contributed by atoms with E-state index in [2.05, 4.69) is 32.2 Å². The Morgan fingerprint density at radius 3 is 2.60 bits per heavy atom. The van der Waals surface area contributed by atoms with E-state index in [1.165, 1.54) is 5.56 Å². The maximum Gasteiger partial charge on any atom is 0.0991 e. The van der Waals surface area contributed by atoms with E-state index < -0.39 is 0 Å². The molecule has 1 aromatic carbocycles. The van der Waals surface area contributed by atoms with E-state index in [-0.39, 0.29) is 5.41 Å². The van der Waals surface area contributed by atoms with Crippen LogP contribution in [0.5, 0.6) is 0 Å². The summed E-state index contributed by atoms with van der Waals surface area (Å²) in [5.74, 6) is 0. The number of hydrogen-bond acceptors (Lipinski definition) is 3. The van der Waals surface area contributed by atoms with Crippen LogP contribution in [0.2, 0.25) is 0 Å². The van der Waals surface area contributed by atoms with E-state index in [4.69, 9.17) is 10.00 Å². The van der Waals surface area contributed by atoms with Crippen molar-refractivity contribution in [3.8, 4) is 6.07 Å². The predicted octanol–water partition coefficient (Wildman–Crippen LogP) is 3.24. The van der Waals surface area contributed by atoms with E-state index >= 15 is 0 Å². The van der Waals surface area contributed by atoms with Crippen molar-refractivity contribution in [3.05, 3.63) is 35.4 Å². The summed E-state index contributed by atoms with van der Waals surface area (Å²) < 4.78 is 5.82. The summed E-state index contributed by atoms with van der Waals surface area (Å²) in [7, 11) is 0. The lowest BCUT2D eigenvalue weighted by molar-refractivity contribution is -0.126. The molecule has 0 amide bonds. The number of ether oxygens (including phenoxy) is 1. The molecule has 1 saturated carbocycles. The summed E-state index contributed by atoms with van der Waals surface area (Å²) in [5, 5.41) is 12.4. The molecule has 3 heteroatoms. The Bertz CT molecular complexity index is 477. The molecule has 0 radical (unpaired) electrons. The molecule has 1 N–H and O–H groups in total. The van der Waals surface area contributed by atoms with Gasteiger partial charge in [0.2, 0.25) is 0 Å². The Morgan fingerprint density at radius 1 is 1.35 bits per heavy atom. The van der Waals surface area contributed by atoms with Crippen molar-refractivity contribution in [3.63, 3.8) is 0 Å². The minimum Gasteiger partial charge on any atom is -0.378 e. The minimum atomic E-state index is 0.239. The standard InChI is InChI=1S/C17H24N2O/c1-4-17(3)15(10-16(17)20-5-2)19-12-14-8-6-13(11-18)7-9-14/h6-9,15-16,19H,4-5,10,12H2,1-3H3. The van der Waals surface area contributed by atoms with E-state index in [9.17, 15) is 0 Å². The summed E-state index contributed by atoms with van der Waals surface area (Å²) in [5.41, 5.74) is 2.18. The number of nitrogens with zero attached hydrogens (tertiary/aromatic N) is 1. The highest BCUT2D eigenvalue weighted by atomic mass is 16.5. The smallest absolute Gasteiger partial charge is 0.0991 e. The summed E-state index contributed by atoms with van der Waals surface area (Å²) in [6, 6.07) is 10.5. The van der Waals surface area contributed by atoms with Crippen molar-refractivity contribution in [1.82, 2.24) is 5.32 Å². The van der Waals surface area contributed by atoms with Crippen LogP contribution in [0.25, 0.3) is 0 Å². The van der Waals surface area contributed by atoms with Crippen molar-refractivity contribution >= 4 is 0 Å². The van der Waals surface area contributed by atoms with E-state index in [1.54, 1.807) is 0 Å². The quantitative estimate of drug-likeness (QED) is 0.864. The molecule has 3 nitrogen and oxygen atoms in total. The lowest BCUT2D eigenvalue weighted by Gasteiger charge is -2.53. The van der Waals surface area contributed by atoms with Crippen molar-refractivity contribution in [2.45, 2.75) is 52.3 Å². The molecule has 3 unspecified atom stereocenters. The largest absolute Gasteiger partial charge is 0.378 e. The fourth-order valence-electron chi connectivity index (χ4n) is 3.00. The van der Waals surface area contributed by atoms with Gasteiger partial charge in [-0.1, -0.05) is 26.0 Å². The molecule has 1 aliphatic carbocycles. The first-order chi connectivity index (χ1) is 9.63. The van der Waals surface area contributed by atoms with E-state index in [0.717, 1.165) is 26.0 Å². The number of nitrogens with one attached hydrogen (secondary N) is 1. The van der Waals surface area contributed by atoms with Crippen molar-refractivity contribution in [1.29, 1.82) is 5.26 Å². The molecule has 2 rings (SSSR count). The summed E-state index contributed by atoms with van der Waals surface area (Å²) >= 11 is 0. The molecule has 0 aliphatic heterocycles. The maximum atomic E-state index is 8.79. The van der Waals surface area contributed by atoms with Crippen LogP contribution in [0.15, 0.2) is 24.3 Å². The first-order valence-corrected chi connectivity index (χ1v) is 7.48. The third kappa shape index (κ3) is 2.87. The van der Waals surface area contributed by atoms with Gasteiger partial charge in [-0.2, -0.15) is 5.26 Å². The van der Waals surface area contributed by atoms with Crippen LogP contribution in [0, 0.1) is 16.7 Å². The monoisotopic (exact) mass is 272 g/mol. The topological polar surface area (TPSA) is 45.0 Å². The summed E-state index contributed by atoms with van der Waals surface area (Å²) in [6.07, 6.45) is 2.60. The summed E-state index contributed by atoms with van der Waals surface area (Å²) in [6.45, 7) is 8.26. The van der Waals surface area contributed by atoms with Gasteiger partial charge in [0.05, 0.1) is 17.7 Å². The average Bonchev–Trinajstić information content (AvgIpc) is 2.49. The van der Waals surface area contributed by atoms with Gasteiger partial charge >= 0.3 is 0 Å². The van der Waals surface area contributed by atoms with Crippen LogP contribution >= 0.6 is 0 Å². The molecule has 1 aromatic rings. The first kappa shape index (κ1) is 15.0. The molecule has 3 atom stereocenters. The van der Waals surface area contributed by atoms with Gasteiger partial charge in [-0.3, -0.25) is 0 Å². The van der Waals surface area contributed by atoms with Crippen molar-refractivity contribution in [2.24, 2.45) is 5.41 Å². The molecular weight excluding hydrogens is 248 g/mol. The molecule has 20 heavy (non-hydrogen) atoms. The molecule has 0 spiro atoms. The van der Waals surface area contributed by atoms with Crippen molar-refractivity contribution < 1.29 is 4.74 Å². The highest BCUT2D eigenvalue weighted by Crippen LogP contribution is 2.45. The second-order valence-electron chi connectivity index (χ2n) is 5.78. The Kier molecular flexibility index (Phi) is 4.80. The number of benzene rings is 1. The van der Waals surface area contributed by atoms with Crippen LogP contribution in [-0.2, 0) is 11.3 Å². The van der Waals surface area contributed by atoms with Crippen LogP contribution in [0.4, 0.5) is 0 Å². The Hall–Kier alpha value is -1.37. The van der Waals surface area contributed by atoms with Gasteiger partial charge in [0.1, 0.15) is 0 Å². The highest BCUT2D eigenvalue weighted by Gasteiger charge is 2.50. The molecule has 0 heterocycles. The zero-order valence-corrected chi connectivity index (χ0v) is 12.6.